The molecule has 1 aromatic carbocycles. The average molecular weight is 258 g/mol. The molecular weight excluding hydrogens is 236 g/mol. The molecule has 0 saturated heterocycles. The summed E-state index contributed by atoms with van der Waals surface area (Å²) >= 11 is 0. The Morgan fingerprint density at radius 2 is 1.53 bits per heavy atom. The number of hydrogen-bond acceptors (Lipinski definition) is 3. The lowest BCUT2D eigenvalue weighted by atomic mass is 9.93. The molecule has 3 heteroatoms. The summed E-state index contributed by atoms with van der Waals surface area (Å²) in [4.78, 5) is 0. The molecule has 0 spiro atoms. The zero-order chi connectivity index (χ0) is 14.2. The van der Waals surface area contributed by atoms with Gasteiger partial charge < -0.3 is 4.42 Å². The molecule has 0 amide bonds. The van der Waals surface area contributed by atoms with Gasteiger partial charge in [-0.15, -0.1) is 0 Å². The first-order valence-corrected chi connectivity index (χ1v) is 6.54. The summed E-state index contributed by atoms with van der Waals surface area (Å²) in [6.07, 6.45) is 0. The number of aryl methyl sites for hydroxylation is 4. The summed E-state index contributed by atoms with van der Waals surface area (Å²) in [7, 11) is 0. The molecule has 102 valence electrons. The standard InChI is InChI=1S/C16H22N2O/c1-9-6-10(2)8-14(7-9)16(18-17)15-11(3)12(4)19-13(15)5/h6-8,16,18H,17H2,1-5H3. The highest BCUT2D eigenvalue weighted by Crippen LogP contribution is 2.31. The SMILES string of the molecule is Cc1cc(C)cc(C(NN)c2c(C)oc(C)c2C)c1. The fourth-order valence-corrected chi connectivity index (χ4v) is 2.76. The summed E-state index contributed by atoms with van der Waals surface area (Å²) < 4.78 is 5.71. The maximum Gasteiger partial charge on any atom is 0.106 e. The molecule has 2 aromatic rings. The molecule has 3 nitrogen and oxygen atoms in total. The van der Waals surface area contributed by atoms with Crippen molar-refractivity contribution < 1.29 is 4.42 Å². The van der Waals surface area contributed by atoms with Crippen molar-refractivity contribution in [3.63, 3.8) is 0 Å². The summed E-state index contributed by atoms with van der Waals surface area (Å²) in [6, 6.07) is 6.46. The predicted molar refractivity (Wildman–Crippen MR) is 78.0 cm³/mol. The smallest absolute Gasteiger partial charge is 0.106 e. The lowest BCUT2D eigenvalue weighted by molar-refractivity contribution is 0.494. The van der Waals surface area contributed by atoms with Gasteiger partial charge in [0.05, 0.1) is 6.04 Å². The van der Waals surface area contributed by atoms with Gasteiger partial charge in [0.15, 0.2) is 0 Å². The zero-order valence-electron chi connectivity index (χ0n) is 12.3. The second-order valence-electron chi connectivity index (χ2n) is 5.27. The number of furan rings is 1. The van der Waals surface area contributed by atoms with Crippen molar-refractivity contribution in [3.8, 4) is 0 Å². The first-order valence-electron chi connectivity index (χ1n) is 6.54. The van der Waals surface area contributed by atoms with E-state index in [1.165, 1.54) is 22.3 Å². The minimum atomic E-state index is -0.0314. The Morgan fingerprint density at radius 1 is 0.947 bits per heavy atom. The quantitative estimate of drug-likeness (QED) is 0.655. The number of nitrogens with two attached hydrogens (primary N) is 1. The van der Waals surface area contributed by atoms with E-state index in [0.29, 0.717) is 0 Å². The number of hydrazine groups is 1. The van der Waals surface area contributed by atoms with Crippen molar-refractivity contribution in [2.45, 2.75) is 40.7 Å². The van der Waals surface area contributed by atoms with Crippen LogP contribution in [0.3, 0.4) is 0 Å². The van der Waals surface area contributed by atoms with Gasteiger partial charge in [0.1, 0.15) is 11.5 Å². The van der Waals surface area contributed by atoms with E-state index in [1.807, 2.05) is 13.8 Å². The third kappa shape index (κ3) is 2.57. The lowest BCUT2D eigenvalue weighted by Crippen LogP contribution is -2.29. The number of nitrogens with one attached hydrogen (secondary N) is 1. The van der Waals surface area contributed by atoms with E-state index in [1.54, 1.807) is 0 Å². The van der Waals surface area contributed by atoms with E-state index < -0.39 is 0 Å². The van der Waals surface area contributed by atoms with Crippen molar-refractivity contribution in [2.24, 2.45) is 5.84 Å². The van der Waals surface area contributed by atoms with Gasteiger partial charge in [-0.1, -0.05) is 29.3 Å². The number of benzene rings is 1. The van der Waals surface area contributed by atoms with E-state index >= 15 is 0 Å². The van der Waals surface area contributed by atoms with Gasteiger partial charge in [-0.25, -0.2) is 5.43 Å². The molecule has 0 aliphatic carbocycles. The van der Waals surface area contributed by atoms with E-state index in [4.69, 9.17) is 10.3 Å². The molecule has 1 atom stereocenters. The highest BCUT2D eigenvalue weighted by atomic mass is 16.3. The van der Waals surface area contributed by atoms with Gasteiger partial charge in [-0.2, -0.15) is 0 Å². The molecule has 0 aliphatic rings. The summed E-state index contributed by atoms with van der Waals surface area (Å²) in [5.41, 5.74) is 8.89. The average Bonchev–Trinajstić information content (AvgIpc) is 2.56. The zero-order valence-corrected chi connectivity index (χ0v) is 12.3. The van der Waals surface area contributed by atoms with E-state index in [9.17, 15) is 0 Å². The second kappa shape index (κ2) is 5.19. The van der Waals surface area contributed by atoms with Crippen molar-refractivity contribution in [3.05, 3.63) is 57.5 Å². The van der Waals surface area contributed by atoms with Crippen LogP contribution in [0.2, 0.25) is 0 Å². The Bertz CT molecular complexity index is 579. The second-order valence-corrected chi connectivity index (χ2v) is 5.27. The van der Waals surface area contributed by atoms with E-state index in [2.05, 4.69) is 44.4 Å². The van der Waals surface area contributed by atoms with Crippen molar-refractivity contribution in [2.75, 3.05) is 0 Å². The summed E-state index contributed by atoms with van der Waals surface area (Å²) in [5, 5.41) is 0. The largest absolute Gasteiger partial charge is 0.466 e. The van der Waals surface area contributed by atoms with Crippen LogP contribution in [0, 0.1) is 34.6 Å². The van der Waals surface area contributed by atoms with Crippen LogP contribution >= 0.6 is 0 Å². The van der Waals surface area contributed by atoms with Crippen LogP contribution < -0.4 is 11.3 Å². The van der Waals surface area contributed by atoms with Crippen LogP contribution in [0.4, 0.5) is 0 Å². The summed E-state index contributed by atoms with van der Waals surface area (Å²) in [5.74, 6) is 7.68. The highest BCUT2D eigenvalue weighted by Gasteiger charge is 2.22. The molecule has 2 rings (SSSR count). The molecule has 1 aromatic heterocycles. The van der Waals surface area contributed by atoms with Crippen molar-refractivity contribution in [1.29, 1.82) is 0 Å². The molecule has 0 bridgehead atoms. The van der Waals surface area contributed by atoms with Gasteiger partial charge in [0.2, 0.25) is 0 Å². The maximum absolute atomic E-state index is 5.79. The van der Waals surface area contributed by atoms with E-state index in [0.717, 1.165) is 17.1 Å². The topological polar surface area (TPSA) is 51.2 Å². The normalized spacial score (nSPS) is 12.7. The molecule has 0 fully saturated rings. The third-order valence-corrected chi connectivity index (χ3v) is 3.65. The van der Waals surface area contributed by atoms with Crippen LogP contribution in [0.15, 0.2) is 22.6 Å². The minimum Gasteiger partial charge on any atom is -0.466 e. The Balaban J connectivity index is 2.56. The highest BCUT2D eigenvalue weighted by molar-refractivity contribution is 5.42. The maximum atomic E-state index is 5.79. The third-order valence-electron chi connectivity index (χ3n) is 3.65. The lowest BCUT2D eigenvalue weighted by Gasteiger charge is -2.18. The summed E-state index contributed by atoms with van der Waals surface area (Å²) in [6.45, 7) is 10.3. The molecular formula is C16H22N2O. The molecule has 0 radical (unpaired) electrons. The monoisotopic (exact) mass is 258 g/mol. The Labute approximate surface area is 114 Å². The first kappa shape index (κ1) is 13.8. The minimum absolute atomic E-state index is 0.0314. The fourth-order valence-electron chi connectivity index (χ4n) is 2.76. The van der Waals surface area contributed by atoms with Crippen molar-refractivity contribution >= 4 is 0 Å². The Morgan fingerprint density at radius 3 is 1.95 bits per heavy atom. The first-order chi connectivity index (χ1) is 8.93. The van der Waals surface area contributed by atoms with Crippen LogP contribution in [0.1, 0.15) is 45.4 Å². The predicted octanol–water partition coefficient (Wildman–Crippen LogP) is 3.37. The number of rotatable bonds is 3. The Hall–Kier alpha value is -1.58. The van der Waals surface area contributed by atoms with Crippen molar-refractivity contribution in [1.82, 2.24) is 5.43 Å². The van der Waals surface area contributed by atoms with E-state index in [-0.39, 0.29) is 6.04 Å². The number of hydrogen-bond donors (Lipinski definition) is 2. The van der Waals surface area contributed by atoms with Gasteiger partial charge in [-0.05, 0) is 45.7 Å². The van der Waals surface area contributed by atoms with Crippen LogP contribution in [0.25, 0.3) is 0 Å². The van der Waals surface area contributed by atoms with Gasteiger partial charge in [0.25, 0.3) is 0 Å². The molecule has 1 unspecified atom stereocenters. The van der Waals surface area contributed by atoms with Crippen LogP contribution in [0.5, 0.6) is 0 Å². The van der Waals surface area contributed by atoms with Gasteiger partial charge in [0, 0.05) is 5.56 Å². The molecule has 0 aliphatic heterocycles. The Kier molecular flexibility index (Phi) is 3.78. The van der Waals surface area contributed by atoms with Crippen LogP contribution in [-0.2, 0) is 0 Å². The molecule has 19 heavy (non-hydrogen) atoms. The molecule has 0 saturated carbocycles. The molecule has 3 N–H and O–H groups in total. The fraction of sp³-hybridized carbons (Fsp3) is 0.375. The van der Waals surface area contributed by atoms with Gasteiger partial charge in [-0.3, -0.25) is 5.84 Å². The van der Waals surface area contributed by atoms with Gasteiger partial charge >= 0.3 is 0 Å². The van der Waals surface area contributed by atoms with Crippen LogP contribution in [-0.4, -0.2) is 0 Å². The molecule has 1 heterocycles.